The summed E-state index contributed by atoms with van der Waals surface area (Å²) in [6, 6.07) is 12.2. The predicted octanol–water partition coefficient (Wildman–Crippen LogP) is 7.61. The first-order valence-corrected chi connectivity index (χ1v) is 18.7. The second-order valence-electron chi connectivity index (χ2n) is 13.4. The summed E-state index contributed by atoms with van der Waals surface area (Å²) in [7, 11) is 0. The van der Waals surface area contributed by atoms with Crippen molar-refractivity contribution in [1.82, 2.24) is 0 Å². The maximum absolute atomic E-state index is 11.8. The third kappa shape index (κ3) is 15.3. The highest BCUT2D eigenvalue weighted by Crippen LogP contribution is 2.32. The Bertz CT molecular complexity index is 2050. The lowest BCUT2D eigenvalue weighted by atomic mass is 9.85. The number of ether oxygens (including phenoxy) is 3. The Morgan fingerprint density at radius 1 is 0.508 bits per heavy atom. The first-order chi connectivity index (χ1) is 27.7. The number of nitro groups is 3. The van der Waals surface area contributed by atoms with Crippen molar-refractivity contribution in [2.24, 2.45) is 0 Å². The molecule has 0 aliphatic carbocycles. The maximum Gasteiger partial charge on any atom is 0.379 e. The van der Waals surface area contributed by atoms with Gasteiger partial charge in [0.15, 0.2) is 0 Å². The highest BCUT2D eigenvalue weighted by atomic mass is 16.6. The fraction of sp³-hybridized carbons (Fsp3) is 0.415. The second kappa shape index (κ2) is 24.1. The molecular weight excluding hydrogens is 774 g/mol. The van der Waals surface area contributed by atoms with Crippen molar-refractivity contribution in [1.29, 1.82) is 0 Å². The van der Waals surface area contributed by atoms with Crippen LogP contribution in [0.2, 0.25) is 0 Å². The molecule has 0 spiro atoms. The number of Topliss-reactive ketones (excluding diaryl/α,β-unsaturated/α-hetero) is 3. The molecule has 3 rings (SSSR count). The van der Waals surface area contributed by atoms with Crippen LogP contribution in [0, 0.1) is 30.3 Å². The Morgan fingerprint density at radius 2 is 0.847 bits per heavy atom. The molecular formula is C41H49N3O15. The van der Waals surface area contributed by atoms with Gasteiger partial charge in [-0.25, -0.2) is 14.4 Å². The molecule has 0 amide bonds. The van der Waals surface area contributed by atoms with Gasteiger partial charge in [-0.1, -0.05) is 65.7 Å². The van der Waals surface area contributed by atoms with Crippen LogP contribution in [-0.4, -0.2) is 69.8 Å². The molecule has 0 fully saturated rings. The van der Waals surface area contributed by atoms with Crippen LogP contribution in [0.5, 0.6) is 0 Å². The Morgan fingerprint density at radius 3 is 1.15 bits per heavy atom. The van der Waals surface area contributed by atoms with E-state index >= 15 is 0 Å². The van der Waals surface area contributed by atoms with Gasteiger partial charge in [0.05, 0.1) is 34.6 Å². The van der Waals surface area contributed by atoms with E-state index < -0.39 is 55.4 Å². The molecule has 0 saturated carbocycles. The minimum absolute atomic E-state index is 0.0181. The van der Waals surface area contributed by atoms with E-state index in [1.807, 2.05) is 34.6 Å². The van der Waals surface area contributed by atoms with Crippen LogP contribution in [0.3, 0.4) is 0 Å². The van der Waals surface area contributed by atoms with Gasteiger partial charge in [0, 0.05) is 51.6 Å². The Balaban J connectivity index is 0.000000443. The predicted molar refractivity (Wildman–Crippen MR) is 213 cm³/mol. The van der Waals surface area contributed by atoms with E-state index in [0.717, 1.165) is 37.5 Å². The summed E-state index contributed by atoms with van der Waals surface area (Å²) >= 11 is 0. The van der Waals surface area contributed by atoms with Gasteiger partial charge in [0.2, 0.25) is 0 Å². The summed E-state index contributed by atoms with van der Waals surface area (Å²) in [6.45, 7) is 14.4. The maximum atomic E-state index is 11.8. The largest absolute Gasteiger partial charge is 0.460 e. The molecule has 3 aromatic rings. The molecule has 0 aromatic heterocycles. The summed E-state index contributed by atoms with van der Waals surface area (Å²) in [6.07, 6.45) is 3.61. The van der Waals surface area contributed by atoms with Crippen LogP contribution in [0.4, 0.5) is 17.1 Å². The Kier molecular flexibility index (Phi) is 20.6. The van der Waals surface area contributed by atoms with Crippen molar-refractivity contribution in [3.8, 4) is 0 Å². The zero-order valence-electron chi connectivity index (χ0n) is 34.3. The quantitative estimate of drug-likeness (QED) is 0.0317. The number of hydrogen-bond acceptors (Lipinski definition) is 15. The first-order valence-electron chi connectivity index (χ1n) is 18.7. The van der Waals surface area contributed by atoms with Gasteiger partial charge in [-0.2, -0.15) is 0 Å². The SMILES string of the molecule is CCCCc1ccc(C(=O)C(=O)OCC)cc1[N+](=O)[O-].CCCc1ccc(C(=O)C(=O)OCC)cc1[N+](=O)[O-].CCOC(=O)C(=O)c1ccc(C(C)(C)C)c([N+](=O)[O-])c1. The van der Waals surface area contributed by atoms with Gasteiger partial charge in [0.1, 0.15) is 0 Å². The molecule has 0 atom stereocenters. The number of hydrogen-bond donors (Lipinski definition) is 0. The molecule has 0 bridgehead atoms. The number of aryl methyl sites for hydroxylation is 2. The van der Waals surface area contributed by atoms with Crippen molar-refractivity contribution in [2.45, 2.75) is 92.9 Å². The smallest absolute Gasteiger partial charge is 0.379 e. The summed E-state index contributed by atoms with van der Waals surface area (Å²) in [5.74, 6) is -5.62. The van der Waals surface area contributed by atoms with E-state index in [4.69, 9.17) is 0 Å². The van der Waals surface area contributed by atoms with Crippen molar-refractivity contribution < 1.29 is 57.7 Å². The number of benzene rings is 3. The number of esters is 3. The fourth-order valence-electron chi connectivity index (χ4n) is 5.21. The molecule has 59 heavy (non-hydrogen) atoms. The van der Waals surface area contributed by atoms with Crippen LogP contribution in [0.25, 0.3) is 0 Å². The normalized spacial score (nSPS) is 10.4. The van der Waals surface area contributed by atoms with E-state index in [1.54, 1.807) is 20.8 Å². The number of carbonyl (C=O) groups excluding carboxylic acids is 6. The average molecular weight is 824 g/mol. The molecule has 0 radical (unpaired) electrons. The number of carbonyl (C=O) groups is 6. The first kappa shape index (κ1) is 50.3. The number of ketones is 3. The van der Waals surface area contributed by atoms with E-state index in [-0.39, 0.29) is 53.6 Å². The summed E-state index contributed by atoms with van der Waals surface area (Å²) < 4.78 is 13.8. The third-order valence-electron chi connectivity index (χ3n) is 8.05. The molecule has 0 aliphatic heterocycles. The Hall–Kier alpha value is -6.72. The molecule has 318 valence electrons. The van der Waals surface area contributed by atoms with E-state index in [2.05, 4.69) is 14.2 Å². The highest BCUT2D eigenvalue weighted by Gasteiger charge is 2.28. The van der Waals surface area contributed by atoms with Crippen LogP contribution in [-0.2, 0) is 46.9 Å². The Labute approximate surface area is 340 Å². The van der Waals surface area contributed by atoms with Crippen molar-refractivity contribution >= 4 is 52.3 Å². The third-order valence-corrected chi connectivity index (χ3v) is 8.05. The fourth-order valence-corrected chi connectivity index (χ4v) is 5.21. The minimum Gasteiger partial charge on any atom is -0.460 e. The van der Waals surface area contributed by atoms with Gasteiger partial charge >= 0.3 is 17.9 Å². The van der Waals surface area contributed by atoms with E-state index in [9.17, 15) is 59.1 Å². The molecule has 0 saturated heterocycles. The summed E-state index contributed by atoms with van der Waals surface area (Å²) in [4.78, 5) is 101. The number of nitrogens with zero attached hydrogens (tertiary/aromatic N) is 3. The van der Waals surface area contributed by atoms with Crippen LogP contribution < -0.4 is 0 Å². The van der Waals surface area contributed by atoms with Gasteiger partial charge in [-0.05, 0) is 63.6 Å². The monoisotopic (exact) mass is 823 g/mol. The minimum atomic E-state index is -1.01. The number of unbranched alkanes of at least 4 members (excludes halogenated alkanes) is 1. The zero-order valence-corrected chi connectivity index (χ0v) is 34.3. The lowest BCUT2D eigenvalue weighted by molar-refractivity contribution is -0.386. The molecule has 0 N–H and O–H groups in total. The topological polar surface area (TPSA) is 260 Å². The molecule has 3 aromatic carbocycles. The van der Waals surface area contributed by atoms with E-state index in [0.29, 0.717) is 29.5 Å². The van der Waals surface area contributed by atoms with Gasteiger partial charge in [-0.3, -0.25) is 44.7 Å². The van der Waals surface area contributed by atoms with Gasteiger partial charge in [0.25, 0.3) is 34.4 Å². The highest BCUT2D eigenvalue weighted by molar-refractivity contribution is 6.41. The average Bonchev–Trinajstić information content (AvgIpc) is 3.19. The van der Waals surface area contributed by atoms with E-state index in [1.165, 1.54) is 36.4 Å². The molecule has 0 aliphatic rings. The van der Waals surface area contributed by atoms with Gasteiger partial charge < -0.3 is 14.2 Å². The zero-order chi connectivity index (χ0) is 45.0. The second-order valence-corrected chi connectivity index (χ2v) is 13.4. The van der Waals surface area contributed by atoms with Gasteiger partial charge in [-0.15, -0.1) is 0 Å². The number of nitro benzene ring substituents is 3. The molecule has 18 nitrogen and oxygen atoms in total. The lowest BCUT2D eigenvalue weighted by Gasteiger charge is -2.19. The molecule has 0 heterocycles. The van der Waals surface area contributed by atoms with Crippen molar-refractivity contribution in [3.63, 3.8) is 0 Å². The molecule has 18 heteroatoms. The summed E-state index contributed by atoms with van der Waals surface area (Å²) in [5.41, 5.74) is 0.656. The van der Waals surface area contributed by atoms with Crippen molar-refractivity contribution in [3.05, 3.63) is 118 Å². The van der Waals surface area contributed by atoms with Crippen molar-refractivity contribution in [2.75, 3.05) is 19.8 Å². The standard InChI is InChI=1S/2C14H17NO5.C13H15NO5/c1-5-20-13(17)12(16)9-6-7-10(14(2,3)4)11(8-9)15(18)19;1-3-5-6-10-7-8-11(9-12(10)15(18)19)13(16)14(17)20-4-2;1-3-5-9-6-7-10(8-11(9)14(17)18)12(15)13(16)19-4-2/h6-8H,5H2,1-4H3;7-9H,3-6H2,1-2H3;6-8H,3-5H2,1-2H3. The number of rotatable bonds is 17. The van der Waals surface area contributed by atoms with Crippen LogP contribution in [0.1, 0.15) is 122 Å². The van der Waals surface area contributed by atoms with Crippen LogP contribution >= 0.6 is 0 Å². The van der Waals surface area contributed by atoms with Crippen LogP contribution in [0.15, 0.2) is 54.6 Å². The lowest BCUT2D eigenvalue weighted by Crippen LogP contribution is -2.19. The molecule has 0 unspecified atom stereocenters. The summed E-state index contributed by atoms with van der Waals surface area (Å²) in [5, 5.41) is 33.1.